The van der Waals surface area contributed by atoms with Crippen molar-refractivity contribution in [2.45, 2.75) is 38.3 Å². The van der Waals surface area contributed by atoms with Crippen LogP contribution in [-0.2, 0) is 9.59 Å². The zero-order chi connectivity index (χ0) is 11.4. The minimum absolute atomic E-state index is 0.0538. The Morgan fingerprint density at radius 1 is 1.40 bits per heavy atom. The second-order valence-corrected chi connectivity index (χ2v) is 4.05. The fourth-order valence-electron chi connectivity index (χ4n) is 1.92. The predicted molar refractivity (Wildman–Crippen MR) is 57.0 cm³/mol. The first kappa shape index (κ1) is 12.0. The minimum atomic E-state index is -0.490. The van der Waals surface area contributed by atoms with Crippen molar-refractivity contribution in [3.63, 3.8) is 0 Å². The summed E-state index contributed by atoms with van der Waals surface area (Å²) in [5, 5.41) is 5.16. The Bertz CT molecular complexity index is 255. The van der Waals surface area contributed by atoms with E-state index in [1.807, 2.05) is 0 Å². The van der Waals surface area contributed by atoms with Gasteiger partial charge < -0.3 is 16.4 Å². The molecule has 4 N–H and O–H groups in total. The fourth-order valence-corrected chi connectivity index (χ4v) is 1.92. The Balaban J connectivity index is 2.44. The summed E-state index contributed by atoms with van der Waals surface area (Å²) in [4.78, 5) is 22.9. The molecule has 3 atom stereocenters. The minimum Gasteiger partial charge on any atom is -0.357 e. The largest absolute Gasteiger partial charge is 0.357 e. The van der Waals surface area contributed by atoms with Gasteiger partial charge in [-0.2, -0.15) is 0 Å². The summed E-state index contributed by atoms with van der Waals surface area (Å²) in [7, 11) is 1.55. The highest BCUT2D eigenvalue weighted by Crippen LogP contribution is 2.23. The summed E-state index contributed by atoms with van der Waals surface area (Å²) >= 11 is 0. The van der Waals surface area contributed by atoms with Crippen molar-refractivity contribution < 1.29 is 9.59 Å². The average Bonchev–Trinajstić information content (AvgIpc) is 2.63. The number of carbonyl (C=O) groups excluding carboxylic acids is 2. The van der Waals surface area contributed by atoms with Gasteiger partial charge in [0.1, 0.15) is 6.04 Å². The van der Waals surface area contributed by atoms with Gasteiger partial charge in [-0.15, -0.1) is 0 Å². The van der Waals surface area contributed by atoms with Crippen LogP contribution in [0.2, 0.25) is 0 Å². The maximum Gasteiger partial charge on any atom is 0.242 e. The molecule has 5 nitrogen and oxygen atoms in total. The van der Waals surface area contributed by atoms with Gasteiger partial charge in [0.15, 0.2) is 0 Å². The van der Waals surface area contributed by atoms with Crippen LogP contribution in [0.5, 0.6) is 0 Å². The van der Waals surface area contributed by atoms with Crippen LogP contribution in [0.3, 0.4) is 0 Å². The van der Waals surface area contributed by atoms with Crippen LogP contribution in [0, 0.1) is 5.92 Å². The number of likely N-dealkylation sites (N-methyl/N-ethyl adjacent to an activating group) is 1. The first-order valence-corrected chi connectivity index (χ1v) is 5.33. The van der Waals surface area contributed by atoms with Crippen molar-refractivity contribution >= 4 is 11.8 Å². The van der Waals surface area contributed by atoms with E-state index in [0.29, 0.717) is 0 Å². The Hall–Kier alpha value is -1.10. The molecule has 1 fully saturated rings. The smallest absolute Gasteiger partial charge is 0.242 e. The van der Waals surface area contributed by atoms with E-state index >= 15 is 0 Å². The van der Waals surface area contributed by atoms with Crippen LogP contribution >= 0.6 is 0 Å². The molecule has 15 heavy (non-hydrogen) atoms. The van der Waals surface area contributed by atoms with Gasteiger partial charge in [-0.05, 0) is 19.8 Å². The predicted octanol–water partition coefficient (Wildman–Crippen LogP) is -0.635. The number of hydrogen-bond acceptors (Lipinski definition) is 3. The lowest BCUT2D eigenvalue weighted by molar-refractivity contribution is -0.130. The molecule has 0 spiro atoms. The van der Waals surface area contributed by atoms with Crippen molar-refractivity contribution in [3.8, 4) is 0 Å². The van der Waals surface area contributed by atoms with E-state index < -0.39 is 6.04 Å². The Morgan fingerprint density at radius 3 is 2.53 bits per heavy atom. The van der Waals surface area contributed by atoms with Crippen LogP contribution < -0.4 is 16.4 Å². The van der Waals surface area contributed by atoms with Crippen molar-refractivity contribution in [3.05, 3.63) is 0 Å². The van der Waals surface area contributed by atoms with E-state index in [2.05, 4.69) is 10.6 Å². The lowest BCUT2D eigenvalue weighted by atomic mass is 10.0. The maximum atomic E-state index is 11.7. The molecule has 2 amide bonds. The van der Waals surface area contributed by atoms with Crippen LogP contribution in [0.25, 0.3) is 0 Å². The van der Waals surface area contributed by atoms with Gasteiger partial charge in [0.25, 0.3) is 0 Å². The third-order valence-corrected chi connectivity index (χ3v) is 2.90. The topological polar surface area (TPSA) is 84.2 Å². The Kier molecular flexibility index (Phi) is 4.08. The summed E-state index contributed by atoms with van der Waals surface area (Å²) in [6.07, 6.45) is 2.72. The molecule has 0 bridgehead atoms. The number of amides is 2. The first-order chi connectivity index (χ1) is 7.06. The number of nitrogens with two attached hydrogens (primary N) is 1. The van der Waals surface area contributed by atoms with Crippen LogP contribution in [0.15, 0.2) is 0 Å². The second kappa shape index (κ2) is 5.11. The SMILES string of the molecule is CNC(=O)[C@@H](C)NC(=O)C1CCCC1N. The molecule has 1 aliphatic carbocycles. The highest BCUT2D eigenvalue weighted by molar-refractivity contribution is 5.88. The molecule has 1 saturated carbocycles. The molecular weight excluding hydrogens is 194 g/mol. The monoisotopic (exact) mass is 213 g/mol. The number of carbonyl (C=O) groups is 2. The zero-order valence-electron chi connectivity index (χ0n) is 9.25. The molecule has 0 saturated heterocycles. The molecule has 0 aromatic rings. The molecular formula is C10H19N3O2. The van der Waals surface area contributed by atoms with Gasteiger partial charge in [-0.1, -0.05) is 6.42 Å². The van der Waals surface area contributed by atoms with Crippen molar-refractivity contribution in [2.75, 3.05) is 7.05 Å². The van der Waals surface area contributed by atoms with Gasteiger partial charge in [-0.3, -0.25) is 9.59 Å². The van der Waals surface area contributed by atoms with E-state index in [4.69, 9.17) is 5.73 Å². The normalized spacial score (nSPS) is 27.1. The summed E-state index contributed by atoms with van der Waals surface area (Å²) < 4.78 is 0. The van der Waals surface area contributed by atoms with Gasteiger partial charge in [0.05, 0.1) is 5.92 Å². The van der Waals surface area contributed by atoms with Crippen LogP contribution in [0.1, 0.15) is 26.2 Å². The van der Waals surface area contributed by atoms with Crippen molar-refractivity contribution in [1.82, 2.24) is 10.6 Å². The molecule has 0 aliphatic heterocycles. The summed E-state index contributed by atoms with van der Waals surface area (Å²) in [5.74, 6) is -0.414. The maximum absolute atomic E-state index is 11.7. The molecule has 0 radical (unpaired) electrons. The number of rotatable bonds is 3. The summed E-state index contributed by atoms with van der Waals surface area (Å²) in [5.41, 5.74) is 5.80. The van der Waals surface area contributed by atoms with E-state index in [-0.39, 0.29) is 23.8 Å². The molecule has 5 heteroatoms. The first-order valence-electron chi connectivity index (χ1n) is 5.33. The Morgan fingerprint density at radius 2 is 2.07 bits per heavy atom. The molecule has 0 heterocycles. The number of nitrogens with one attached hydrogen (secondary N) is 2. The zero-order valence-corrected chi connectivity index (χ0v) is 9.25. The highest BCUT2D eigenvalue weighted by Gasteiger charge is 2.31. The van der Waals surface area contributed by atoms with Crippen molar-refractivity contribution in [1.29, 1.82) is 0 Å². The van der Waals surface area contributed by atoms with Gasteiger partial charge in [0, 0.05) is 13.1 Å². The summed E-state index contributed by atoms with van der Waals surface area (Å²) in [6.45, 7) is 1.66. The van der Waals surface area contributed by atoms with Crippen LogP contribution in [-0.4, -0.2) is 30.9 Å². The van der Waals surface area contributed by atoms with E-state index in [1.165, 1.54) is 0 Å². The molecule has 2 unspecified atom stereocenters. The molecule has 86 valence electrons. The number of hydrogen-bond donors (Lipinski definition) is 3. The van der Waals surface area contributed by atoms with E-state index in [9.17, 15) is 9.59 Å². The van der Waals surface area contributed by atoms with E-state index in [0.717, 1.165) is 19.3 Å². The molecule has 0 aromatic carbocycles. The molecule has 1 rings (SSSR count). The average molecular weight is 213 g/mol. The fraction of sp³-hybridized carbons (Fsp3) is 0.800. The van der Waals surface area contributed by atoms with Crippen molar-refractivity contribution in [2.24, 2.45) is 11.7 Å². The molecule has 1 aliphatic rings. The third-order valence-electron chi connectivity index (χ3n) is 2.90. The lowest BCUT2D eigenvalue weighted by Crippen LogP contribution is -2.48. The van der Waals surface area contributed by atoms with Gasteiger partial charge >= 0.3 is 0 Å². The lowest BCUT2D eigenvalue weighted by Gasteiger charge is -2.18. The van der Waals surface area contributed by atoms with Gasteiger partial charge in [-0.25, -0.2) is 0 Å². The third kappa shape index (κ3) is 2.92. The summed E-state index contributed by atoms with van der Waals surface area (Å²) in [6, 6.07) is -0.544. The Labute approximate surface area is 89.8 Å². The molecule has 0 aromatic heterocycles. The quantitative estimate of drug-likeness (QED) is 0.583. The highest BCUT2D eigenvalue weighted by atomic mass is 16.2. The van der Waals surface area contributed by atoms with Crippen LogP contribution in [0.4, 0.5) is 0 Å². The van der Waals surface area contributed by atoms with E-state index in [1.54, 1.807) is 14.0 Å². The standard InChI is InChI=1S/C10H19N3O2/c1-6(9(14)12-2)13-10(15)7-4-3-5-8(7)11/h6-8H,3-5,11H2,1-2H3,(H,12,14)(H,13,15)/t6-,7?,8?/m1/s1. The second-order valence-electron chi connectivity index (χ2n) is 4.05. The van der Waals surface area contributed by atoms with Gasteiger partial charge in [0.2, 0.25) is 11.8 Å².